The van der Waals surface area contributed by atoms with E-state index < -0.39 is 0 Å². The zero-order valence-electron chi connectivity index (χ0n) is 25.9. The number of benzene rings is 5. The Morgan fingerprint density at radius 2 is 1.47 bits per heavy atom. The summed E-state index contributed by atoms with van der Waals surface area (Å²) in [6, 6.07) is 43.2. The van der Waals surface area contributed by atoms with E-state index in [1.54, 1.807) is 7.11 Å². The molecule has 6 nitrogen and oxygen atoms in total. The maximum absolute atomic E-state index is 10.7. The van der Waals surface area contributed by atoms with Crippen LogP contribution in [0.4, 0.5) is 5.69 Å². The Morgan fingerprint density at radius 1 is 0.745 bits per heavy atom. The molecule has 0 atom stereocenters. The number of hydrogen-bond acceptors (Lipinski definition) is 5. The fraction of sp³-hybridized carbons (Fsp3) is 0.0488. The summed E-state index contributed by atoms with van der Waals surface area (Å²) in [6.07, 6.45) is 0. The van der Waals surface area contributed by atoms with Gasteiger partial charge in [-0.2, -0.15) is 5.26 Å². The summed E-state index contributed by atoms with van der Waals surface area (Å²) in [5.41, 5.74) is 17.0. The van der Waals surface area contributed by atoms with Gasteiger partial charge in [0.15, 0.2) is 5.65 Å². The van der Waals surface area contributed by atoms with Crippen LogP contribution in [0.1, 0.15) is 11.1 Å². The molecule has 224 valence electrons. The van der Waals surface area contributed by atoms with Gasteiger partial charge in [0, 0.05) is 22.0 Å². The Balaban J connectivity index is 1.45. The van der Waals surface area contributed by atoms with Gasteiger partial charge in [-0.25, -0.2) is 9.97 Å². The number of nitriles is 1. The fourth-order valence-electron chi connectivity index (χ4n) is 6.41. The van der Waals surface area contributed by atoms with Gasteiger partial charge in [0.2, 0.25) is 0 Å². The van der Waals surface area contributed by atoms with Gasteiger partial charge in [-0.1, -0.05) is 96.6 Å². The molecule has 3 N–H and O–H groups in total. The second-order valence-electron chi connectivity index (χ2n) is 11.7. The van der Waals surface area contributed by atoms with Crippen molar-refractivity contribution in [3.05, 3.63) is 132 Å². The summed E-state index contributed by atoms with van der Waals surface area (Å²) < 4.78 is 5.45. The molecular formula is C41H29N5O. The van der Waals surface area contributed by atoms with Crippen LogP contribution >= 0.6 is 0 Å². The topological polar surface area (TPSA) is 101 Å². The smallest absolute Gasteiger partial charge is 0.163 e. The highest BCUT2D eigenvalue weighted by Gasteiger charge is 2.25. The number of ether oxygens (including phenoxy) is 1. The molecule has 0 spiro atoms. The van der Waals surface area contributed by atoms with Gasteiger partial charge < -0.3 is 15.5 Å². The van der Waals surface area contributed by atoms with Crippen LogP contribution in [0.3, 0.4) is 0 Å². The Kier molecular flexibility index (Phi) is 6.67. The first-order valence-electron chi connectivity index (χ1n) is 15.4. The third kappa shape index (κ3) is 4.73. The number of fused-ring (bicyclic) bond motifs is 3. The molecule has 0 amide bonds. The molecule has 0 saturated carbocycles. The Morgan fingerprint density at radius 3 is 2.26 bits per heavy atom. The summed E-state index contributed by atoms with van der Waals surface area (Å²) in [5.74, 6) is 0.799. The lowest BCUT2D eigenvalue weighted by atomic mass is 9.93. The van der Waals surface area contributed by atoms with Crippen LogP contribution in [0.15, 0.2) is 121 Å². The molecule has 0 unspecified atom stereocenters. The summed E-state index contributed by atoms with van der Waals surface area (Å²) in [5, 5.41) is 14.4. The number of hydrogen-bond donors (Lipinski definition) is 2. The molecule has 5 aromatic carbocycles. The summed E-state index contributed by atoms with van der Waals surface area (Å²) in [6.45, 7) is 2.07. The van der Waals surface area contributed by atoms with Crippen LogP contribution in [0.5, 0.6) is 5.75 Å². The van der Waals surface area contributed by atoms with E-state index in [1.165, 1.54) is 0 Å². The van der Waals surface area contributed by atoms with Crippen molar-refractivity contribution in [2.45, 2.75) is 6.92 Å². The van der Waals surface area contributed by atoms with E-state index in [9.17, 15) is 5.26 Å². The third-order valence-electron chi connectivity index (χ3n) is 8.82. The van der Waals surface area contributed by atoms with Crippen LogP contribution in [0.2, 0.25) is 0 Å². The number of para-hydroxylation sites is 1. The number of nitrogens with two attached hydrogens (primary N) is 1. The van der Waals surface area contributed by atoms with Crippen molar-refractivity contribution in [1.29, 1.82) is 5.26 Å². The zero-order chi connectivity index (χ0) is 32.1. The van der Waals surface area contributed by atoms with Crippen molar-refractivity contribution in [3.8, 4) is 56.7 Å². The predicted molar refractivity (Wildman–Crippen MR) is 191 cm³/mol. The largest absolute Gasteiger partial charge is 0.497 e. The quantitative estimate of drug-likeness (QED) is 0.203. The number of rotatable bonds is 5. The first-order chi connectivity index (χ1) is 23.0. The van der Waals surface area contributed by atoms with Crippen molar-refractivity contribution in [2.24, 2.45) is 0 Å². The van der Waals surface area contributed by atoms with Crippen LogP contribution < -0.4 is 10.5 Å². The number of H-pyrrole nitrogens is 1. The molecule has 8 rings (SSSR count). The first kappa shape index (κ1) is 28.1. The lowest BCUT2D eigenvalue weighted by molar-refractivity contribution is 0.415. The number of aromatic nitrogens is 3. The van der Waals surface area contributed by atoms with Crippen LogP contribution in [-0.2, 0) is 0 Å². The molecule has 0 bridgehead atoms. The highest BCUT2D eigenvalue weighted by Crippen LogP contribution is 2.44. The molecule has 0 aliphatic rings. The van der Waals surface area contributed by atoms with E-state index in [2.05, 4.69) is 66.5 Å². The van der Waals surface area contributed by atoms with Crippen molar-refractivity contribution >= 4 is 38.4 Å². The minimum atomic E-state index is 0.316. The van der Waals surface area contributed by atoms with Gasteiger partial charge in [0.05, 0.1) is 35.3 Å². The van der Waals surface area contributed by atoms with Gasteiger partial charge in [-0.05, 0) is 64.7 Å². The van der Waals surface area contributed by atoms with Gasteiger partial charge in [-0.3, -0.25) is 0 Å². The van der Waals surface area contributed by atoms with Gasteiger partial charge in [0.25, 0.3) is 0 Å². The molecule has 8 aromatic rings. The second-order valence-corrected chi connectivity index (χ2v) is 11.7. The monoisotopic (exact) mass is 607 g/mol. The molecule has 0 radical (unpaired) electrons. The highest BCUT2D eigenvalue weighted by atomic mass is 16.5. The van der Waals surface area contributed by atoms with E-state index in [1.807, 2.05) is 72.8 Å². The highest BCUT2D eigenvalue weighted by molar-refractivity contribution is 6.10. The molecule has 0 saturated heterocycles. The van der Waals surface area contributed by atoms with E-state index >= 15 is 0 Å². The molecule has 3 heterocycles. The molecule has 47 heavy (non-hydrogen) atoms. The molecule has 0 aliphatic heterocycles. The number of nitrogen functional groups attached to an aromatic ring is 1. The minimum Gasteiger partial charge on any atom is -0.497 e. The molecule has 0 fully saturated rings. The number of methoxy groups -OCH3 is 1. The average molecular weight is 608 g/mol. The van der Waals surface area contributed by atoms with E-state index in [-0.39, 0.29) is 0 Å². The van der Waals surface area contributed by atoms with Gasteiger partial charge in [0.1, 0.15) is 17.4 Å². The lowest BCUT2D eigenvalue weighted by Gasteiger charge is -2.16. The van der Waals surface area contributed by atoms with Gasteiger partial charge >= 0.3 is 0 Å². The van der Waals surface area contributed by atoms with Crippen LogP contribution in [0.25, 0.3) is 77.6 Å². The maximum atomic E-state index is 10.7. The number of aryl methyl sites for hydroxylation is 1. The average Bonchev–Trinajstić information content (AvgIpc) is 3.51. The Hall–Kier alpha value is -6.45. The predicted octanol–water partition coefficient (Wildman–Crippen LogP) is 9.70. The molecule has 0 aliphatic carbocycles. The van der Waals surface area contributed by atoms with Crippen molar-refractivity contribution in [1.82, 2.24) is 15.0 Å². The van der Waals surface area contributed by atoms with E-state index in [0.29, 0.717) is 28.0 Å². The number of nitrogens with one attached hydrogen (secondary N) is 1. The van der Waals surface area contributed by atoms with E-state index in [4.69, 9.17) is 20.4 Å². The normalized spacial score (nSPS) is 11.3. The fourth-order valence-corrected chi connectivity index (χ4v) is 6.41. The third-order valence-corrected chi connectivity index (χ3v) is 8.82. The molecule has 3 aromatic heterocycles. The van der Waals surface area contributed by atoms with Crippen molar-refractivity contribution in [3.63, 3.8) is 0 Å². The Bertz CT molecular complexity index is 2530. The van der Waals surface area contributed by atoms with E-state index in [0.717, 1.165) is 72.2 Å². The first-order valence-corrected chi connectivity index (χ1v) is 15.4. The number of aromatic amines is 1. The number of pyridine rings is 2. The maximum Gasteiger partial charge on any atom is 0.163 e. The summed E-state index contributed by atoms with van der Waals surface area (Å²) >= 11 is 0. The van der Waals surface area contributed by atoms with Crippen molar-refractivity contribution < 1.29 is 4.74 Å². The SMILES string of the molecule is COc1ccc2cc(-c3cc(-c4ccc(C)cc4)nc4nc(-c5c(-c6ccccc6)[nH]c6ccccc56)c(C#N)c(N)c34)ccc2c1. The molecule has 6 heteroatoms. The molecular weight excluding hydrogens is 578 g/mol. The lowest BCUT2D eigenvalue weighted by Crippen LogP contribution is -2.03. The standard InChI is InChI=1S/C41H29N5O/c1-24-12-14-25(15-13-24)35-22-32(29-17-16-28-21-30(47-2)19-18-27(28)20-29)36-38(43)33(23-42)40(46-41(36)45-35)37-31-10-6-7-11-34(31)44-39(37)26-8-4-3-5-9-26/h3-22,44H,1-2H3,(H2,43,45,46). The number of anilines is 1. The van der Waals surface area contributed by atoms with Gasteiger partial charge in [-0.15, -0.1) is 0 Å². The van der Waals surface area contributed by atoms with Crippen LogP contribution in [-0.4, -0.2) is 22.1 Å². The zero-order valence-corrected chi connectivity index (χ0v) is 25.9. The van der Waals surface area contributed by atoms with Crippen LogP contribution in [0, 0.1) is 18.3 Å². The summed E-state index contributed by atoms with van der Waals surface area (Å²) in [4.78, 5) is 13.9. The minimum absolute atomic E-state index is 0.316. The second kappa shape index (κ2) is 11.2. The van der Waals surface area contributed by atoms with Crippen molar-refractivity contribution in [2.75, 3.05) is 12.8 Å². The number of nitrogens with zero attached hydrogens (tertiary/aromatic N) is 3. The summed E-state index contributed by atoms with van der Waals surface area (Å²) in [7, 11) is 1.67. The Labute approximate surface area is 271 Å².